The molecular weight excluding hydrogens is 701 g/mol. The van der Waals surface area contributed by atoms with Gasteiger partial charge in [-0.2, -0.15) is 0 Å². The highest BCUT2D eigenvalue weighted by Crippen LogP contribution is 2.41. The number of hydrogen-bond donors (Lipinski definition) is 0. The molecule has 6 heteroatoms. The van der Waals surface area contributed by atoms with E-state index >= 15 is 0 Å². The van der Waals surface area contributed by atoms with Crippen LogP contribution in [0.5, 0.6) is 0 Å². The van der Waals surface area contributed by atoms with E-state index in [-0.39, 0.29) is 0 Å². The van der Waals surface area contributed by atoms with Gasteiger partial charge in [0.15, 0.2) is 17.5 Å². The second-order valence-corrected chi connectivity index (χ2v) is 14.4. The summed E-state index contributed by atoms with van der Waals surface area (Å²) in [4.78, 5) is 15.3. The van der Waals surface area contributed by atoms with Gasteiger partial charge in [-0.1, -0.05) is 127 Å². The molecule has 0 atom stereocenters. The molecule has 0 unspecified atom stereocenters. The summed E-state index contributed by atoms with van der Waals surface area (Å²) in [6.45, 7) is 0. The van der Waals surface area contributed by atoms with Crippen molar-refractivity contribution in [1.82, 2.24) is 19.5 Å². The van der Waals surface area contributed by atoms with Crippen molar-refractivity contribution in [3.63, 3.8) is 0 Å². The lowest BCUT2D eigenvalue weighted by Crippen LogP contribution is -2.00. The van der Waals surface area contributed by atoms with Crippen LogP contribution in [0.15, 0.2) is 191 Å². The fraction of sp³-hybridized carbons (Fsp3) is 0. The number of aromatic nitrogens is 4. The molecule has 12 aromatic rings. The molecule has 4 heterocycles. The number of rotatable bonds is 5. The number of fused-ring (bicyclic) bond motifs is 9. The third-order valence-electron chi connectivity index (χ3n) is 11.1. The summed E-state index contributed by atoms with van der Waals surface area (Å²) in [5.74, 6) is 1.66. The third kappa shape index (κ3) is 4.94. The Morgan fingerprint density at radius 3 is 1.75 bits per heavy atom. The van der Waals surface area contributed by atoms with E-state index in [4.69, 9.17) is 23.8 Å². The zero-order valence-electron chi connectivity index (χ0n) is 30.4. The molecule has 57 heavy (non-hydrogen) atoms. The van der Waals surface area contributed by atoms with Gasteiger partial charge in [0.1, 0.15) is 22.3 Å². The molecule has 0 radical (unpaired) electrons. The quantitative estimate of drug-likeness (QED) is 0.176. The zero-order valence-corrected chi connectivity index (χ0v) is 30.4. The molecular formula is C51H30N4O2. The molecule has 4 aromatic heterocycles. The lowest BCUT2D eigenvalue weighted by molar-refractivity contribution is 0.668. The molecule has 0 fully saturated rings. The van der Waals surface area contributed by atoms with Crippen LogP contribution in [-0.4, -0.2) is 19.5 Å². The molecule has 0 saturated heterocycles. The summed E-state index contributed by atoms with van der Waals surface area (Å²) < 4.78 is 15.5. The largest absolute Gasteiger partial charge is 0.456 e. The van der Waals surface area contributed by atoms with Crippen molar-refractivity contribution in [2.24, 2.45) is 0 Å². The molecule has 8 aromatic carbocycles. The third-order valence-corrected chi connectivity index (χ3v) is 11.1. The first-order valence-corrected chi connectivity index (χ1v) is 19.0. The summed E-state index contributed by atoms with van der Waals surface area (Å²) in [5, 5.41) is 6.60. The van der Waals surface area contributed by atoms with Gasteiger partial charge in [-0.15, -0.1) is 0 Å². The van der Waals surface area contributed by atoms with Gasteiger partial charge in [-0.25, -0.2) is 15.0 Å². The van der Waals surface area contributed by atoms with Gasteiger partial charge in [-0.05, 0) is 65.7 Å². The first-order chi connectivity index (χ1) is 28.2. The Labute approximate surface area is 325 Å². The van der Waals surface area contributed by atoms with Crippen LogP contribution >= 0.6 is 0 Å². The van der Waals surface area contributed by atoms with Crippen LogP contribution in [0.25, 0.3) is 117 Å². The van der Waals surface area contributed by atoms with E-state index < -0.39 is 0 Å². The van der Waals surface area contributed by atoms with E-state index in [1.165, 1.54) is 21.8 Å². The van der Waals surface area contributed by atoms with E-state index in [1.54, 1.807) is 0 Å². The van der Waals surface area contributed by atoms with Gasteiger partial charge < -0.3 is 13.4 Å². The second-order valence-electron chi connectivity index (χ2n) is 14.4. The Kier molecular flexibility index (Phi) is 6.83. The average molecular weight is 731 g/mol. The lowest BCUT2D eigenvalue weighted by atomic mass is 9.99. The minimum Gasteiger partial charge on any atom is -0.456 e. The monoisotopic (exact) mass is 730 g/mol. The van der Waals surface area contributed by atoms with Gasteiger partial charge >= 0.3 is 0 Å². The molecule has 0 aliphatic rings. The number of nitrogens with zero attached hydrogens (tertiary/aromatic N) is 4. The Hall–Kier alpha value is -7.83. The number of hydrogen-bond acceptors (Lipinski definition) is 5. The molecule has 0 spiro atoms. The van der Waals surface area contributed by atoms with E-state index in [0.29, 0.717) is 17.5 Å². The molecule has 0 amide bonds. The maximum Gasteiger partial charge on any atom is 0.167 e. The lowest BCUT2D eigenvalue weighted by Gasteiger charge is -2.09. The van der Waals surface area contributed by atoms with Crippen LogP contribution in [0.3, 0.4) is 0 Å². The normalized spacial score (nSPS) is 11.9. The smallest absolute Gasteiger partial charge is 0.167 e. The van der Waals surface area contributed by atoms with E-state index in [9.17, 15) is 0 Å². The predicted molar refractivity (Wildman–Crippen MR) is 230 cm³/mol. The molecule has 12 rings (SSSR count). The molecule has 266 valence electrons. The molecule has 0 aliphatic carbocycles. The van der Waals surface area contributed by atoms with Crippen molar-refractivity contribution in [1.29, 1.82) is 0 Å². The van der Waals surface area contributed by atoms with Crippen molar-refractivity contribution in [3.05, 3.63) is 182 Å². The number of furan rings is 2. The van der Waals surface area contributed by atoms with Crippen LogP contribution in [0.1, 0.15) is 0 Å². The average Bonchev–Trinajstić information content (AvgIpc) is 3.96. The Morgan fingerprint density at radius 1 is 0.351 bits per heavy atom. The summed E-state index contributed by atoms with van der Waals surface area (Å²) in [7, 11) is 0. The first-order valence-electron chi connectivity index (χ1n) is 19.0. The van der Waals surface area contributed by atoms with Crippen LogP contribution in [0.4, 0.5) is 0 Å². The van der Waals surface area contributed by atoms with Crippen molar-refractivity contribution >= 4 is 65.7 Å². The number of benzene rings is 8. The SMILES string of the molecule is c1ccc(-c2nc(-c3ccc4c(c3)oc3ccc(-n5c6ccccc6c6ccccc65)cc34)nc(-c3cccc4c3oc3cccc(-c5ccccc5)c34)n2)cc1. The van der Waals surface area contributed by atoms with Crippen molar-refractivity contribution in [3.8, 4) is 51.0 Å². The van der Waals surface area contributed by atoms with E-state index in [1.807, 2.05) is 66.7 Å². The van der Waals surface area contributed by atoms with Crippen LogP contribution in [0, 0.1) is 0 Å². The maximum atomic E-state index is 6.65. The Balaban J connectivity index is 1.02. The van der Waals surface area contributed by atoms with Crippen LogP contribution in [0.2, 0.25) is 0 Å². The molecule has 0 N–H and O–H groups in total. The number of para-hydroxylation sites is 3. The van der Waals surface area contributed by atoms with Gasteiger partial charge in [0.05, 0.1) is 16.6 Å². The second kappa shape index (κ2) is 12.3. The van der Waals surface area contributed by atoms with Crippen molar-refractivity contribution in [2.75, 3.05) is 0 Å². The van der Waals surface area contributed by atoms with Crippen LogP contribution < -0.4 is 0 Å². The topological polar surface area (TPSA) is 69.9 Å². The molecule has 0 bridgehead atoms. The van der Waals surface area contributed by atoms with Gasteiger partial charge in [0.2, 0.25) is 0 Å². The Morgan fingerprint density at radius 2 is 0.982 bits per heavy atom. The van der Waals surface area contributed by atoms with Crippen molar-refractivity contribution < 1.29 is 8.83 Å². The highest BCUT2D eigenvalue weighted by atomic mass is 16.3. The van der Waals surface area contributed by atoms with Gasteiger partial charge in [0, 0.05) is 49.1 Å². The fourth-order valence-electron chi connectivity index (χ4n) is 8.47. The standard InChI is InChI=1S/C51H30N4O2/c1-3-13-31(14-4-1)35-19-12-24-45-47(35)39-20-11-21-40(48(39)57-45)51-53-49(32-15-5-2-6-16-32)52-50(54-51)33-25-27-38-41-30-34(26-28-44(41)56-46(38)29-33)55-42-22-9-7-17-36(42)37-18-8-10-23-43(37)55/h1-30H. The summed E-state index contributed by atoms with van der Waals surface area (Å²) >= 11 is 0. The van der Waals surface area contributed by atoms with E-state index in [0.717, 1.165) is 77.4 Å². The minimum atomic E-state index is 0.533. The van der Waals surface area contributed by atoms with Gasteiger partial charge in [-0.3, -0.25) is 0 Å². The molecule has 0 aliphatic heterocycles. The summed E-state index contributed by atoms with van der Waals surface area (Å²) in [6.07, 6.45) is 0. The maximum absolute atomic E-state index is 6.65. The summed E-state index contributed by atoms with van der Waals surface area (Å²) in [5.41, 5.74) is 11.3. The zero-order chi connectivity index (χ0) is 37.5. The van der Waals surface area contributed by atoms with Gasteiger partial charge in [0.25, 0.3) is 0 Å². The minimum absolute atomic E-state index is 0.533. The van der Waals surface area contributed by atoms with Crippen molar-refractivity contribution in [2.45, 2.75) is 0 Å². The fourth-order valence-corrected chi connectivity index (χ4v) is 8.47. The highest BCUT2D eigenvalue weighted by Gasteiger charge is 2.21. The van der Waals surface area contributed by atoms with Crippen LogP contribution in [-0.2, 0) is 0 Å². The highest BCUT2D eigenvalue weighted by molar-refractivity contribution is 6.15. The first kappa shape index (κ1) is 31.5. The molecule has 6 nitrogen and oxygen atoms in total. The van der Waals surface area contributed by atoms with E-state index in [2.05, 4.69) is 120 Å². The Bertz CT molecular complexity index is 3470. The summed E-state index contributed by atoms with van der Waals surface area (Å²) in [6, 6.07) is 62.7. The predicted octanol–water partition coefficient (Wildman–Crippen LogP) is 13.4. The molecule has 0 saturated carbocycles.